The molecule has 3 atom stereocenters. The van der Waals surface area contributed by atoms with Crippen molar-refractivity contribution in [3.63, 3.8) is 0 Å². The number of amides is 1. The van der Waals surface area contributed by atoms with Gasteiger partial charge < -0.3 is 16.0 Å². The Hall–Kier alpha value is -0.610. The lowest BCUT2D eigenvalue weighted by Gasteiger charge is -2.33. The van der Waals surface area contributed by atoms with Crippen molar-refractivity contribution in [1.82, 2.24) is 10.2 Å². The molecule has 0 aromatic carbocycles. The van der Waals surface area contributed by atoms with E-state index in [9.17, 15) is 4.79 Å². The number of piperidine rings is 1. The molecule has 0 aromatic heterocycles. The number of nitrogens with one attached hydrogen (secondary N) is 1. The fraction of sp³-hybridized carbons (Fsp3) is 0.941. The van der Waals surface area contributed by atoms with E-state index in [1.807, 2.05) is 0 Å². The molecule has 1 saturated carbocycles. The van der Waals surface area contributed by atoms with Crippen LogP contribution in [-0.2, 0) is 4.79 Å². The first-order valence-corrected chi connectivity index (χ1v) is 8.92. The molecular formula is C17H33N3O. The van der Waals surface area contributed by atoms with E-state index in [1.54, 1.807) is 0 Å². The molecule has 1 amide bonds. The highest BCUT2D eigenvalue weighted by Crippen LogP contribution is 2.28. The summed E-state index contributed by atoms with van der Waals surface area (Å²) >= 11 is 0. The van der Waals surface area contributed by atoms with Crippen LogP contribution in [0.4, 0.5) is 0 Å². The second kappa shape index (κ2) is 8.74. The van der Waals surface area contributed by atoms with Crippen LogP contribution in [0.5, 0.6) is 0 Å². The first-order chi connectivity index (χ1) is 10.2. The summed E-state index contributed by atoms with van der Waals surface area (Å²) in [5.74, 6) is 1.03. The lowest BCUT2D eigenvalue weighted by Crippen LogP contribution is -2.40. The monoisotopic (exact) mass is 295 g/mol. The number of carbonyl (C=O) groups excluding carboxylic acids is 1. The summed E-state index contributed by atoms with van der Waals surface area (Å²) in [6.45, 7) is 6.24. The summed E-state index contributed by atoms with van der Waals surface area (Å²) in [6.07, 6.45) is 9.50. The second-order valence-electron chi connectivity index (χ2n) is 6.99. The van der Waals surface area contributed by atoms with Gasteiger partial charge in [-0.1, -0.05) is 12.8 Å². The number of carbonyl (C=O) groups is 1. The zero-order valence-electron chi connectivity index (χ0n) is 13.7. The average molecular weight is 295 g/mol. The fourth-order valence-electron chi connectivity index (χ4n) is 3.87. The van der Waals surface area contributed by atoms with Crippen molar-refractivity contribution in [3.8, 4) is 0 Å². The normalized spacial score (nSPS) is 31.0. The second-order valence-corrected chi connectivity index (χ2v) is 6.99. The molecule has 21 heavy (non-hydrogen) atoms. The van der Waals surface area contributed by atoms with E-state index in [0.29, 0.717) is 5.92 Å². The minimum Gasteiger partial charge on any atom is -0.356 e. The van der Waals surface area contributed by atoms with Gasteiger partial charge in [-0.25, -0.2) is 0 Å². The standard InChI is InChI=1S/C17H33N3O/c1-14-6-2-3-10-20(14)11-5-9-19-17(21)16-8-4-7-15(12-16)13-18/h14-16H,2-13,18H2,1H3,(H,19,21). The molecule has 122 valence electrons. The van der Waals surface area contributed by atoms with E-state index in [1.165, 1.54) is 32.2 Å². The van der Waals surface area contributed by atoms with Crippen molar-refractivity contribution in [2.45, 2.75) is 64.3 Å². The molecule has 1 aliphatic carbocycles. The lowest BCUT2D eigenvalue weighted by atomic mass is 9.81. The van der Waals surface area contributed by atoms with Crippen LogP contribution in [0, 0.1) is 11.8 Å². The average Bonchev–Trinajstić information content (AvgIpc) is 2.53. The largest absolute Gasteiger partial charge is 0.356 e. The van der Waals surface area contributed by atoms with Gasteiger partial charge in [0.25, 0.3) is 0 Å². The first kappa shape index (κ1) is 16.8. The molecule has 2 fully saturated rings. The van der Waals surface area contributed by atoms with Gasteiger partial charge in [-0.3, -0.25) is 4.79 Å². The summed E-state index contributed by atoms with van der Waals surface area (Å²) in [5.41, 5.74) is 5.75. The Morgan fingerprint density at radius 3 is 2.86 bits per heavy atom. The van der Waals surface area contributed by atoms with Crippen LogP contribution in [0.1, 0.15) is 58.3 Å². The molecule has 0 aromatic rings. The molecule has 3 N–H and O–H groups in total. The van der Waals surface area contributed by atoms with Crippen molar-refractivity contribution in [2.75, 3.05) is 26.2 Å². The van der Waals surface area contributed by atoms with Crippen molar-refractivity contribution in [1.29, 1.82) is 0 Å². The summed E-state index contributed by atoms with van der Waals surface area (Å²) in [7, 11) is 0. The van der Waals surface area contributed by atoms with E-state index >= 15 is 0 Å². The van der Waals surface area contributed by atoms with Crippen LogP contribution in [0.2, 0.25) is 0 Å². The third kappa shape index (κ3) is 5.26. The van der Waals surface area contributed by atoms with E-state index in [4.69, 9.17) is 5.73 Å². The Morgan fingerprint density at radius 1 is 1.24 bits per heavy atom. The number of nitrogens with two attached hydrogens (primary N) is 1. The summed E-state index contributed by atoms with van der Waals surface area (Å²) in [6, 6.07) is 0.720. The van der Waals surface area contributed by atoms with Crippen LogP contribution in [0.25, 0.3) is 0 Å². The molecule has 3 unspecified atom stereocenters. The van der Waals surface area contributed by atoms with Gasteiger partial charge in [-0.05, 0) is 64.5 Å². The van der Waals surface area contributed by atoms with Gasteiger partial charge in [0.2, 0.25) is 5.91 Å². The number of rotatable bonds is 6. The SMILES string of the molecule is CC1CCCCN1CCCNC(=O)C1CCCC(CN)C1. The van der Waals surface area contributed by atoms with Gasteiger partial charge in [0.1, 0.15) is 0 Å². The highest BCUT2D eigenvalue weighted by Gasteiger charge is 2.26. The topological polar surface area (TPSA) is 58.4 Å². The van der Waals surface area contributed by atoms with Gasteiger partial charge in [-0.2, -0.15) is 0 Å². The van der Waals surface area contributed by atoms with Crippen LogP contribution in [0.3, 0.4) is 0 Å². The molecule has 0 radical (unpaired) electrons. The zero-order valence-corrected chi connectivity index (χ0v) is 13.7. The highest BCUT2D eigenvalue weighted by molar-refractivity contribution is 5.78. The van der Waals surface area contributed by atoms with Crippen LogP contribution >= 0.6 is 0 Å². The first-order valence-electron chi connectivity index (χ1n) is 8.92. The van der Waals surface area contributed by atoms with Crippen LogP contribution < -0.4 is 11.1 Å². The van der Waals surface area contributed by atoms with Gasteiger partial charge in [-0.15, -0.1) is 0 Å². The molecular weight excluding hydrogens is 262 g/mol. The maximum atomic E-state index is 12.2. The molecule has 1 aliphatic heterocycles. The van der Waals surface area contributed by atoms with Gasteiger partial charge in [0.15, 0.2) is 0 Å². The quantitative estimate of drug-likeness (QED) is 0.738. The minimum absolute atomic E-state index is 0.209. The fourth-order valence-corrected chi connectivity index (χ4v) is 3.87. The number of likely N-dealkylation sites (tertiary alicyclic amines) is 1. The third-order valence-electron chi connectivity index (χ3n) is 5.35. The van der Waals surface area contributed by atoms with E-state index in [0.717, 1.165) is 51.4 Å². The predicted octanol–water partition coefficient (Wildman–Crippen LogP) is 2.13. The molecule has 0 bridgehead atoms. The summed E-state index contributed by atoms with van der Waals surface area (Å²) < 4.78 is 0. The molecule has 4 nitrogen and oxygen atoms in total. The maximum Gasteiger partial charge on any atom is 0.223 e. The molecule has 2 rings (SSSR count). The maximum absolute atomic E-state index is 12.2. The highest BCUT2D eigenvalue weighted by atomic mass is 16.1. The lowest BCUT2D eigenvalue weighted by molar-refractivity contribution is -0.126. The van der Waals surface area contributed by atoms with Crippen LogP contribution in [0.15, 0.2) is 0 Å². The Balaban J connectivity index is 1.60. The zero-order chi connectivity index (χ0) is 15.1. The number of hydrogen-bond acceptors (Lipinski definition) is 3. The summed E-state index contributed by atoms with van der Waals surface area (Å²) in [4.78, 5) is 14.8. The molecule has 1 heterocycles. The van der Waals surface area contributed by atoms with Crippen molar-refractivity contribution < 1.29 is 4.79 Å². The Kier molecular flexibility index (Phi) is 6.97. The van der Waals surface area contributed by atoms with Gasteiger partial charge in [0.05, 0.1) is 0 Å². The van der Waals surface area contributed by atoms with Crippen LogP contribution in [-0.4, -0.2) is 43.0 Å². The smallest absolute Gasteiger partial charge is 0.223 e. The third-order valence-corrected chi connectivity index (χ3v) is 5.35. The molecule has 1 saturated heterocycles. The Bertz CT molecular complexity index is 321. The van der Waals surface area contributed by atoms with Gasteiger partial charge >= 0.3 is 0 Å². The molecule has 2 aliphatic rings. The Labute approximate surface area is 129 Å². The number of nitrogens with zero attached hydrogens (tertiary/aromatic N) is 1. The predicted molar refractivity (Wildman–Crippen MR) is 87.0 cm³/mol. The summed E-state index contributed by atoms with van der Waals surface area (Å²) in [5, 5.41) is 3.15. The molecule has 4 heteroatoms. The van der Waals surface area contributed by atoms with Crippen molar-refractivity contribution in [3.05, 3.63) is 0 Å². The van der Waals surface area contributed by atoms with E-state index in [-0.39, 0.29) is 11.8 Å². The minimum atomic E-state index is 0.209. The van der Waals surface area contributed by atoms with E-state index < -0.39 is 0 Å². The van der Waals surface area contributed by atoms with Gasteiger partial charge in [0, 0.05) is 25.0 Å². The van der Waals surface area contributed by atoms with Crippen molar-refractivity contribution in [2.24, 2.45) is 17.6 Å². The van der Waals surface area contributed by atoms with E-state index in [2.05, 4.69) is 17.1 Å². The Morgan fingerprint density at radius 2 is 2.10 bits per heavy atom. The number of hydrogen-bond donors (Lipinski definition) is 2. The van der Waals surface area contributed by atoms with Crippen molar-refractivity contribution >= 4 is 5.91 Å². The molecule has 0 spiro atoms.